The zero-order valence-corrected chi connectivity index (χ0v) is 20.2. The molecule has 0 bridgehead atoms. The van der Waals surface area contributed by atoms with Crippen molar-refractivity contribution in [2.45, 2.75) is 13.0 Å². The van der Waals surface area contributed by atoms with Gasteiger partial charge in [-0.3, -0.25) is 14.6 Å². The third-order valence-electron chi connectivity index (χ3n) is 6.12. The maximum Gasteiger partial charge on any atom is 0.349 e. The fraction of sp³-hybridized carbons (Fsp3) is 0.200. The van der Waals surface area contributed by atoms with Gasteiger partial charge in [-0.1, -0.05) is 47.5 Å². The molecule has 1 saturated heterocycles. The van der Waals surface area contributed by atoms with Gasteiger partial charge in [0.1, 0.15) is 17.8 Å². The Hall–Kier alpha value is -3.69. The zero-order chi connectivity index (χ0) is 25.4. The van der Waals surface area contributed by atoms with E-state index in [-0.39, 0.29) is 51.6 Å². The average Bonchev–Trinajstić information content (AvgIpc) is 2.84. The molecule has 2 atom stereocenters. The van der Waals surface area contributed by atoms with Gasteiger partial charge in [-0.2, -0.15) is 9.78 Å². The molecule has 0 spiro atoms. The summed E-state index contributed by atoms with van der Waals surface area (Å²) in [6.07, 6.45) is 6.96. The van der Waals surface area contributed by atoms with Gasteiger partial charge in [-0.25, -0.2) is 9.18 Å². The second kappa shape index (κ2) is 9.75. The zero-order valence-electron chi connectivity index (χ0n) is 18.7. The number of nitrogens with one attached hydrogen (secondary N) is 1. The summed E-state index contributed by atoms with van der Waals surface area (Å²) in [6, 6.07) is 9.32. The largest absolute Gasteiger partial charge is 0.455 e. The van der Waals surface area contributed by atoms with Crippen LogP contribution in [0.5, 0.6) is 5.75 Å². The Labute approximate surface area is 214 Å². The van der Waals surface area contributed by atoms with Crippen LogP contribution in [0.2, 0.25) is 10.0 Å². The van der Waals surface area contributed by atoms with Crippen molar-refractivity contribution < 1.29 is 13.9 Å². The maximum atomic E-state index is 14.1. The van der Waals surface area contributed by atoms with E-state index in [1.807, 2.05) is 6.08 Å². The Morgan fingerprint density at radius 1 is 1.14 bits per heavy atom. The number of piperidine rings is 1. The van der Waals surface area contributed by atoms with E-state index in [0.717, 1.165) is 10.9 Å². The van der Waals surface area contributed by atoms with Gasteiger partial charge in [-0.15, -0.1) is 0 Å². The number of halogens is 3. The second-order valence-electron chi connectivity index (χ2n) is 8.45. The van der Waals surface area contributed by atoms with Crippen molar-refractivity contribution >= 4 is 29.1 Å². The summed E-state index contributed by atoms with van der Waals surface area (Å²) >= 11 is 12.8. The van der Waals surface area contributed by atoms with Crippen molar-refractivity contribution in [2.75, 3.05) is 6.54 Å². The number of carbonyl (C=O) groups is 1. The first kappa shape index (κ1) is 24.0. The number of amides is 1. The molecule has 1 aliphatic heterocycles. The number of aromatic amines is 1. The Kier molecular flexibility index (Phi) is 6.51. The third-order valence-corrected chi connectivity index (χ3v) is 6.68. The van der Waals surface area contributed by atoms with Crippen molar-refractivity contribution in [3.05, 3.63) is 109 Å². The number of hydrogen-bond donors (Lipinski definition) is 1. The summed E-state index contributed by atoms with van der Waals surface area (Å²) in [5.41, 5.74) is -0.632. The second-order valence-corrected chi connectivity index (χ2v) is 9.26. The molecule has 2 unspecified atom stereocenters. The minimum absolute atomic E-state index is 0.0692. The number of allylic oxidation sites excluding steroid dienone is 2. The molecule has 1 aromatic heterocycles. The molecule has 0 radical (unpaired) electrons. The lowest BCUT2D eigenvalue weighted by Crippen LogP contribution is -2.44. The van der Waals surface area contributed by atoms with E-state index in [9.17, 15) is 18.8 Å². The van der Waals surface area contributed by atoms with Crippen molar-refractivity contribution in [3.8, 4) is 11.4 Å². The third kappa shape index (κ3) is 4.72. The van der Waals surface area contributed by atoms with Crippen LogP contribution < -0.4 is 16.0 Å². The minimum Gasteiger partial charge on any atom is -0.455 e. The lowest BCUT2D eigenvalue weighted by molar-refractivity contribution is -0.138. The van der Waals surface area contributed by atoms with E-state index >= 15 is 0 Å². The highest BCUT2D eigenvalue weighted by molar-refractivity contribution is 6.37. The molecule has 2 heterocycles. The Morgan fingerprint density at radius 3 is 2.61 bits per heavy atom. The van der Waals surface area contributed by atoms with Crippen molar-refractivity contribution in [1.82, 2.24) is 19.7 Å². The summed E-state index contributed by atoms with van der Waals surface area (Å²) in [6.45, 7) is 0.712. The molecule has 1 N–H and O–H groups in total. The first-order valence-corrected chi connectivity index (χ1v) is 11.8. The Morgan fingerprint density at radius 2 is 1.89 bits per heavy atom. The van der Waals surface area contributed by atoms with Crippen LogP contribution >= 0.6 is 23.2 Å². The van der Waals surface area contributed by atoms with Crippen molar-refractivity contribution in [3.63, 3.8) is 0 Å². The van der Waals surface area contributed by atoms with Crippen molar-refractivity contribution in [2.24, 2.45) is 11.8 Å². The highest BCUT2D eigenvalue weighted by atomic mass is 35.5. The van der Waals surface area contributed by atoms with E-state index in [1.54, 1.807) is 35.3 Å². The van der Waals surface area contributed by atoms with E-state index < -0.39 is 11.2 Å². The van der Waals surface area contributed by atoms with Crippen LogP contribution in [0.3, 0.4) is 0 Å². The number of H-pyrrole nitrogens is 1. The normalized spacial score (nSPS) is 19.1. The highest BCUT2D eigenvalue weighted by Crippen LogP contribution is 2.39. The minimum atomic E-state index is -0.738. The number of rotatable bonds is 5. The summed E-state index contributed by atoms with van der Waals surface area (Å²) in [5, 5.41) is 4.05. The number of benzene rings is 2. The SMILES string of the molecule is O=C1C2C=CC(Oc3c(Cl)cc(-n4ncc(=O)[nH]c4=O)cc3Cl)=CC2CCN1Cc1ccccc1F. The number of carbonyl (C=O) groups excluding carboxylic acids is 1. The van der Waals surface area contributed by atoms with Gasteiger partial charge in [0.05, 0.1) is 21.7 Å². The predicted octanol–water partition coefficient (Wildman–Crippen LogP) is 3.86. The fourth-order valence-corrected chi connectivity index (χ4v) is 4.90. The quantitative estimate of drug-likeness (QED) is 0.542. The van der Waals surface area contributed by atoms with Crippen LogP contribution in [0.4, 0.5) is 4.39 Å². The van der Waals surface area contributed by atoms with Crippen LogP contribution in [-0.2, 0) is 11.3 Å². The molecule has 184 valence electrons. The number of likely N-dealkylation sites (tertiary alicyclic amines) is 1. The molecule has 1 amide bonds. The Balaban J connectivity index is 1.32. The summed E-state index contributed by atoms with van der Waals surface area (Å²) in [4.78, 5) is 40.1. The van der Waals surface area contributed by atoms with Gasteiger partial charge in [0.2, 0.25) is 5.91 Å². The predicted molar refractivity (Wildman–Crippen MR) is 132 cm³/mol. The number of aromatic nitrogens is 3. The van der Waals surface area contributed by atoms with Crippen LogP contribution in [0, 0.1) is 17.7 Å². The monoisotopic (exact) mass is 528 g/mol. The van der Waals surface area contributed by atoms with Gasteiger partial charge < -0.3 is 9.64 Å². The molecule has 2 aliphatic rings. The lowest BCUT2D eigenvalue weighted by Gasteiger charge is -2.37. The van der Waals surface area contributed by atoms with Crippen LogP contribution in [-0.4, -0.2) is 32.1 Å². The van der Waals surface area contributed by atoms with E-state index in [4.69, 9.17) is 27.9 Å². The lowest BCUT2D eigenvalue weighted by atomic mass is 9.81. The number of hydrogen-bond acceptors (Lipinski definition) is 5. The highest BCUT2D eigenvalue weighted by Gasteiger charge is 2.36. The molecule has 0 saturated carbocycles. The smallest absolute Gasteiger partial charge is 0.349 e. The van der Waals surface area contributed by atoms with E-state index in [2.05, 4.69) is 10.1 Å². The number of fused-ring (bicyclic) bond motifs is 1. The van der Waals surface area contributed by atoms with Gasteiger partial charge in [-0.05, 0) is 42.7 Å². The molecule has 3 aromatic rings. The molecule has 5 rings (SSSR count). The van der Waals surface area contributed by atoms with E-state index in [1.165, 1.54) is 18.2 Å². The van der Waals surface area contributed by atoms with Crippen LogP contribution in [0.25, 0.3) is 5.69 Å². The van der Waals surface area contributed by atoms with Crippen LogP contribution in [0.1, 0.15) is 12.0 Å². The summed E-state index contributed by atoms with van der Waals surface area (Å²) in [7, 11) is 0. The molecular formula is C25H19Cl2FN4O4. The van der Waals surface area contributed by atoms with E-state index in [0.29, 0.717) is 24.3 Å². The summed E-state index contributed by atoms with van der Waals surface area (Å²) < 4.78 is 21.0. The first-order chi connectivity index (χ1) is 17.3. The first-order valence-electron chi connectivity index (χ1n) is 11.1. The van der Waals surface area contributed by atoms with Crippen molar-refractivity contribution in [1.29, 1.82) is 0 Å². The standard InChI is InChI=1S/C25H19Cl2FN4O4/c26-19-10-16(32-25(35)30-22(33)12-29-32)11-20(27)23(19)36-17-5-6-18-14(9-17)7-8-31(24(18)34)13-15-3-1-2-4-21(15)28/h1-6,9-12,14,18H,7-8,13H2,(H,30,33,35). The molecular weight excluding hydrogens is 510 g/mol. The summed E-state index contributed by atoms with van der Waals surface area (Å²) in [5.74, 6) is -0.206. The van der Waals surface area contributed by atoms with Gasteiger partial charge in [0.15, 0.2) is 5.75 Å². The van der Waals surface area contributed by atoms with Gasteiger partial charge in [0.25, 0.3) is 5.56 Å². The van der Waals surface area contributed by atoms with Gasteiger partial charge >= 0.3 is 5.69 Å². The molecule has 36 heavy (non-hydrogen) atoms. The molecule has 1 aliphatic carbocycles. The Bertz CT molecular complexity index is 1510. The number of nitrogens with zero attached hydrogens (tertiary/aromatic N) is 3. The topological polar surface area (TPSA) is 97.3 Å². The molecule has 2 aromatic carbocycles. The molecule has 1 fully saturated rings. The van der Waals surface area contributed by atoms with Crippen LogP contribution in [0.15, 0.2) is 76.2 Å². The number of ether oxygens (including phenoxy) is 1. The molecule has 8 nitrogen and oxygen atoms in total. The molecule has 11 heteroatoms. The maximum absolute atomic E-state index is 14.1. The van der Waals surface area contributed by atoms with Gasteiger partial charge in [0, 0.05) is 18.7 Å². The average molecular weight is 529 g/mol. The fourth-order valence-electron chi connectivity index (χ4n) is 4.34.